The fraction of sp³-hybridized carbons (Fsp3) is 0.571. The van der Waals surface area contributed by atoms with Crippen LogP contribution in [0.25, 0.3) is 0 Å². The number of nitrogens with zero attached hydrogens (tertiary/aromatic N) is 3. The lowest BCUT2D eigenvalue weighted by Crippen LogP contribution is -2.46. The molecule has 8 heteroatoms. The minimum absolute atomic E-state index is 0.198. The molecule has 0 aliphatic heterocycles. The van der Waals surface area contributed by atoms with Gasteiger partial charge < -0.3 is 9.47 Å². The maximum Gasteiger partial charge on any atom is 0.410 e. The molecule has 0 aliphatic carbocycles. The van der Waals surface area contributed by atoms with E-state index in [-0.39, 0.29) is 13.0 Å². The molecule has 0 aliphatic rings. The number of ether oxygens (including phenoxy) is 2. The molecular formula is C14H19N3O4S. The van der Waals surface area contributed by atoms with Gasteiger partial charge >= 0.3 is 12.1 Å². The van der Waals surface area contributed by atoms with Crippen molar-refractivity contribution in [2.24, 2.45) is 0 Å². The summed E-state index contributed by atoms with van der Waals surface area (Å²) in [5.41, 5.74) is 1.63. The van der Waals surface area contributed by atoms with Crippen molar-refractivity contribution >= 4 is 23.4 Å². The molecule has 0 bridgehead atoms. The Kier molecular flexibility index (Phi) is 6.31. The summed E-state index contributed by atoms with van der Waals surface area (Å²) in [5, 5.41) is 10.3. The number of carbonyl (C=O) groups excluding carboxylic acids is 2. The van der Waals surface area contributed by atoms with E-state index in [0.717, 1.165) is 0 Å². The quantitative estimate of drug-likeness (QED) is 0.769. The summed E-state index contributed by atoms with van der Waals surface area (Å²) in [5.74, 6) is -0.664. The lowest BCUT2D eigenvalue weighted by molar-refractivity contribution is -0.148. The molecule has 1 amide bonds. The molecule has 22 heavy (non-hydrogen) atoms. The minimum Gasteiger partial charge on any atom is -0.449 e. The molecule has 7 nitrogen and oxygen atoms in total. The van der Waals surface area contributed by atoms with Crippen LogP contribution in [-0.4, -0.2) is 47.2 Å². The summed E-state index contributed by atoms with van der Waals surface area (Å²) in [7, 11) is 1.46. The fourth-order valence-electron chi connectivity index (χ4n) is 1.58. The molecule has 0 N–H and O–H groups in total. The molecule has 0 spiro atoms. The summed E-state index contributed by atoms with van der Waals surface area (Å²) >= 11 is 1.39. The van der Waals surface area contributed by atoms with Crippen molar-refractivity contribution in [3.05, 3.63) is 16.6 Å². The minimum atomic E-state index is -0.898. The first-order chi connectivity index (χ1) is 10.2. The van der Waals surface area contributed by atoms with Crippen LogP contribution in [0.1, 0.15) is 26.5 Å². The summed E-state index contributed by atoms with van der Waals surface area (Å²) < 4.78 is 10.1. The van der Waals surface area contributed by atoms with E-state index in [9.17, 15) is 9.59 Å². The third kappa shape index (κ3) is 5.69. The molecule has 120 valence electrons. The van der Waals surface area contributed by atoms with Crippen LogP contribution in [0.5, 0.6) is 0 Å². The Morgan fingerprint density at radius 2 is 2.18 bits per heavy atom. The Bertz CT molecular complexity index is 545. The lowest BCUT2D eigenvalue weighted by atomic mass is 10.1. The zero-order chi connectivity index (χ0) is 16.8. The van der Waals surface area contributed by atoms with Gasteiger partial charge in [0.2, 0.25) is 0 Å². The van der Waals surface area contributed by atoms with E-state index < -0.39 is 23.7 Å². The first kappa shape index (κ1) is 17.9. The molecule has 1 atom stereocenters. The van der Waals surface area contributed by atoms with Crippen LogP contribution < -0.4 is 0 Å². The number of hydrogen-bond acceptors (Lipinski definition) is 7. The standard InChI is InChI=1S/C14H19N3O4S/c1-14(2,3)21-13(19)17(4)11(12(18)20-6-5-15)7-10-8-22-9-16-10/h8-9,11H,6-7H2,1-4H3/t11-/m0/s1. The second-order valence-electron chi connectivity index (χ2n) is 5.56. The monoisotopic (exact) mass is 325 g/mol. The number of hydrogen-bond donors (Lipinski definition) is 0. The van der Waals surface area contributed by atoms with Crippen LogP contribution in [0.2, 0.25) is 0 Å². The Morgan fingerprint density at radius 1 is 1.50 bits per heavy atom. The van der Waals surface area contributed by atoms with Gasteiger partial charge in [-0.3, -0.25) is 4.90 Å². The summed E-state index contributed by atoms with van der Waals surface area (Å²) in [6.45, 7) is 4.85. The number of likely N-dealkylation sites (N-methyl/N-ethyl adjacent to an activating group) is 1. The maximum absolute atomic E-state index is 12.1. The normalized spacial score (nSPS) is 12.1. The van der Waals surface area contributed by atoms with Gasteiger partial charge in [0.15, 0.2) is 6.61 Å². The molecule has 0 fully saturated rings. The molecule has 1 aromatic rings. The molecule has 0 radical (unpaired) electrons. The number of nitriles is 1. The zero-order valence-corrected chi connectivity index (χ0v) is 13.8. The molecular weight excluding hydrogens is 306 g/mol. The van der Waals surface area contributed by atoms with E-state index in [0.29, 0.717) is 5.69 Å². The number of rotatable bonds is 5. The maximum atomic E-state index is 12.1. The van der Waals surface area contributed by atoms with Crippen LogP contribution in [0.4, 0.5) is 4.79 Å². The van der Waals surface area contributed by atoms with Crippen molar-refractivity contribution in [3.63, 3.8) is 0 Å². The fourth-order valence-corrected chi connectivity index (χ4v) is 2.15. The van der Waals surface area contributed by atoms with Crippen molar-refractivity contribution in [3.8, 4) is 6.07 Å². The van der Waals surface area contributed by atoms with Gasteiger partial charge in [0.25, 0.3) is 0 Å². The van der Waals surface area contributed by atoms with E-state index in [4.69, 9.17) is 14.7 Å². The second kappa shape index (κ2) is 7.75. The van der Waals surface area contributed by atoms with Gasteiger partial charge in [-0.1, -0.05) is 0 Å². The molecule has 1 aromatic heterocycles. The van der Waals surface area contributed by atoms with E-state index >= 15 is 0 Å². The molecule has 0 unspecified atom stereocenters. The lowest BCUT2D eigenvalue weighted by Gasteiger charge is -2.29. The number of thiazole rings is 1. The third-order valence-corrected chi connectivity index (χ3v) is 3.22. The van der Waals surface area contributed by atoms with Crippen LogP contribution in [0.15, 0.2) is 10.9 Å². The summed E-state index contributed by atoms with van der Waals surface area (Å²) in [4.78, 5) is 29.5. The van der Waals surface area contributed by atoms with Crippen molar-refractivity contribution < 1.29 is 19.1 Å². The van der Waals surface area contributed by atoms with Gasteiger partial charge in [0.05, 0.1) is 11.2 Å². The third-order valence-electron chi connectivity index (χ3n) is 2.59. The molecule has 0 aromatic carbocycles. The van der Waals surface area contributed by atoms with E-state index in [1.807, 2.05) is 0 Å². The Morgan fingerprint density at radius 3 is 2.68 bits per heavy atom. The van der Waals surface area contributed by atoms with E-state index in [1.165, 1.54) is 23.3 Å². The zero-order valence-electron chi connectivity index (χ0n) is 13.0. The van der Waals surface area contributed by atoms with E-state index in [1.54, 1.807) is 37.7 Å². The van der Waals surface area contributed by atoms with Crippen LogP contribution in [0, 0.1) is 11.3 Å². The van der Waals surface area contributed by atoms with Crippen molar-refractivity contribution in [2.75, 3.05) is 13.7 Å². The van der Waals surface area contributed by atoms with Gasteiger partial charge in [0.1, 0.15) is 17.7 Å². The number of carbonyl (C=O) groups is 2. The smallest absolute Gasteiger partial charge is 0.410 e. The molecule has 0 saturated carbocycles. The molecule has 1 heterocycles. The topological polar surface area (TPSA) is 92.5 Å². The van der Waals surface area contributed by atoms with Crippen molar-refractivity contribution in [1.29, 1.82) is 5.26 Å². The Balaban J connectivity index is 2.86. The first-order valence-corrected chi connectivity index (χ1v) is 7.55. The van der Waals surface area contributed by atoms with Gasteiger partial charge in [-0.25, -0.2) is 14.6 Å². The van der Waals surface area contributed by atoms with Crippen LogP contribution in [-0.2, 0) is 20.7 Å². The highest BCUT2D eigenvalue weighted by atomic mass is 32.1. The number of esters is 1. The van der Waals surface area contributed by atoms with Crippen LogP contribution in [0.3, 0.4) is 0 Å². The molecule has 1 rings (SSSR count). The Hall–Kier alpha value is -2.14. The van der Waals surface area contributed by atoms with Gasteiger partial charge in [0, 0.05) is 18.8 Å². The highest BCUT2D eigenvalue weighted by Crippen LogP contribution is 2.15. The SMILES string of the molecule is CN(C(=O)OC(C)(C)C)[C@@H](Cc1cscn1)C(=O)OCC#N. The summed E-state index contributed by atoms with van der Waals surface area (Å²) in [6.07, 6.45) is -0.439. The number of aromatic nitrogens is 1. The van der Waals surface area contributed by atoms with E-state index in [2.05, 4.69) is 4.98 Å². The van der Waals surface area contributed by atoms with Crippen LogP contribution >= 0.6 is 11.3 Å². The van der Waals surface area contributed by atoms with Gasteiger partial charge in [-0.05, 0) is 20.8 Å². The highest BCUT2D eigenvalue weighted by Gasteiger charge is 2.32. The largest absolute Gasteiger partial charge is 0.449 e. The van der Waals surface area contributed by atoms with Gasteiger partial charge in [-0.15, -0.1) is 11.3 Å². The Labute approximate surface area is 133 Å². The van der Waals surface area contributed by atoms with Gasteiger partial charge in [-0.2, -0.15) is 5.26 Å². The number of amides is 1. The summed E-state index contributed by atoms with van der Waals surface area (Å²) in [6, 6.07) is 0.830. The first-order valence-electron chi connectivity index (χ1n) is 6.61. The second-order valence-corrected chi connectivity index (χ2v) is 6.28. The predicted molar refractivity (Wildman–Crippen MR) is 80.2 cm³/mol. The van der Waals surface area contributed by atoms with Crippen molar-refractivity contribution in [2.45, 2.75) is 38.8 Å². The predicted octanol–water partition coefficient (Wildman–Crippen LogP) is 1.99. The van der Waals surface area contributed by atoms with Crippen molar-refractivity contribution in [1.82, 2.24) is 9.88 Å². The molecule has 0 saturated heterocycles. The average molecular weight is 325 g/mol. The average Bonchev–Trinajstić information content (AvgIpc) is 2.92. The highest BCUT2D eigenvalue weighted by molar-refractivity contribution is 7.07.